The molecule has 74 valence electrons. The lowest BCUT2D eigenvalue weighted by atomic mass is 10.1. The van der Waals surface area contributed by atoms with Crippen LogP contribution in [0.15, 0.2) is 0 Å². The van der Waals surface area contributed by atoms with Gasteiger partial charge in [0.25, 0.3) is 0 Å². The molecule has 2 N–H and O–H groups in total. The number of nitrogens with zero attached hydrogens (tertiary/aromatic N) is 1. The first-order chi connectivity index (χ1) is 6.11. The van der Waals surface area contributed by atoms with Gasteiger partial charge in [0.05, 0.1) is 12.2 Å². The third-order valence-corrected chi connectivity index (χ3v) is 1.62. The van der Waals surface area contributed by atoms with Gasteiger partial charge in [0.2, 0.25) is 5.91 Å². The molecule has 0 aromatic heterocycles. The van der Waals surface area contributed by atoms with Crippen molar-refractivity contribution in [3.8, 4) is 6.07 Å². The number of nitriles is 1. The molecule has 0 aliphatic heterocycles. The molecule has 1 amide bonds. The van der Waals surface area contributed by atoms with Crippen LogP contribution in [0, 0.1) is 17.2 Å². The second-order valence-electron chi connectivity index (χ2n) is 3.06. The highest BCUT2D eigenvalue weighted by Crippen LogP contribution is 2.04. The first-order valence-corrected chi connectivity index (χ1v) is 4.47. The average molecular weight is 184 g/mol. The normalized spacial score (nSPS) is 14.3. The van der Waals surface area contributed by atoms with E-state index in [1.807, 2.05) is 13.0 Å². The van der Waals surface area contributed by atoms with Crippen molar-refractivity contribution < 1.29 is 9.90 Å². The predicted molar refractivity (Wildman–Crippen MR) is 48.7 cm³/mol. The Morgan fingerprint density at radius 3 is 2.69 bits per heavy atom. The van der Waals surface area contributed by atoms with Gasteiger partial charge in [-0.1, -0.05) is 13.3 Å². The van der Waals surface area contributed by atoms with Gasteiger partial charge in [-0.05, 0) is 13.3 Å². The van der Waals surface area contributed by atoms with Crippen LogP contribution in [0.1, 0.15) is 26.7 Å². The number of aliphatic hydroxyl groups excluding tert-OH is 1. The molecule has 0 aliphatic carbocycles. The predicted octanol–water partition coefficient (Wildman–Crippen LogP) is 0.423. The van der Waals surface area contributed by atoms with Crippen molar-refractivity contribution in [1.82, 2.24) is 5.32 Å². The Morgan fingerprint density at radius 1 is 1.69 bits per heavy atom. The molecule has 0 heterocycles. The molecule has 2 atom stereocenters. The van der Waals surface area contributed by atoms with Crippen LogP contribution in [-0.4, -0.2) is 23.7 Å². The number of rotatable bonds is 5. The highest BCUT2D eigenvalue weighted by atomic mass is 16.3. The molecule has 0 rings (SSSR count). The maximum absolute atomic E-state index is 11.2. The fraction of sp³-hybridized carbons (Fsp3) is 0.778. The zero-order chi connectivity index (χ0) is 10.3. The largest absolute Gasteiger partial charge is 0.392 e. The number of carbonyl (C=O) groups is 1. The van der Waals surface area contributed by atoms with Gasteiger partial charge in [0.1, 0.15) is 5.92 Å². The van der Waals surface area contributed by atoms with Gasteiger partial charge in [-0.15, -0.1) is 0 Å². The Hall–Kier alpha value is -1.08. The molecule has 0 aliphatic rings. The van der Waals surface area contributed by atoms with Gasteiger partial charge in [-0.25, -0.2) is 0 Å². The highest BCUT2D eigenvalue weighted by molar-refractivity contribution is 5.80. The van der Waals surface area contributed by atoms with E-state index in [2.05, 4.69) is 5.32 Å². The SMILES string of the molecule is CCCC(C#N)C(=O)NC[C@H](C)O. The van der Waals surface area contributed by atoms with E-state index in [9.17, 15) is 4.79 Å². The summed E-state index contributed by atoms with van der Waals surface area (Å²) in [7, 11) is 0. The lowest BCUT2D eigenvalue weighted by Gasteiger charge is -2.10. The van der Waals surface area contributed by atoms with Crippen molar-refractivity contribution in [1.29, 1.82) is 5.26 Å². The van der Waals surface area contributed by atoms with Crippen molar-refractivity contribution >= 4 is 5.91 Å². The average Bonchev–Trinajstić information content (AvgIpc) is 2.10. The smallest absolute Gasteiger partial charge is 0.237 e. The number of amides is 1. The Bertz CT molecular complexity index is 196. The molecule has 13 heavy (non-hydrogen) atoms. The Balaban J connectivity index is 3.86. The molecule has 0 radical (unpaired) electrons. The summed E-state index contributed by atoms with van der Waals surface area (Å²) in [5, 5.41) is 20.0. The van der Waals surface area contributed by atoms with Crippen molar-refractivity contribution in [2.45, 2.75) is 32.8 Å². The van der Waals surface area contributed by atoms with Crippen LogP contribution in [-0.2, 0) is 4.79 Å². The molecular formula is C9H16N2O2. The second kappa shape index (κ2) is 6.44. The Labute approximate surface area is 78.6 Å². The molecular weight excluding hydrogens is 168 g/mol. The van der Waals surface area contributed by atoms with Crippen LogP contribution in [0.3, 0.4) is 0 Å². The van der Waals surface area contributed by atoms with Crippen LogP contribution in [0.4, 0.5) is 0 Å². The summed E-state index contributed by atoms with van der Waals surface area (Å²) in [5.41, 5.74) is 0. The summed E-state index contributed by atoms with van der Waals surface area (Å²) in [6.07, 6.45) is 0.813. The summed E-state index contributed by atoms with van der Waals surface area (Å²) in [4.78, 5) is 11.2. The van der Waals surface area contributed by atoms with Crippen LogP contribution in [0.2, 0.25) is 0 Å². The quantitative estimate of drug-likeness (QED) is 0.650. The van der Waals surface area contributed by atoms with E-state index in [0.717, 1.165) is 6.42 Å². The summed E-state index contributed by atoms with van der Waals surface area (Å²) >= 11 is 0. The molecule has 0 spiro atoms. The zero-order valence-electron chi connectivity index (χ0n) is 8.08. The highest BCUT2D eigenvalue weighted by Gasteiger charge is 2.16. The summed E-state index contributed by atoms with van der Waals surface area (Å²) in [5.74, 6) is -0.867. The first kappa shape index (κ1) is 11.9. The number of hydrogen-bond acceptors (Lipinski definition) is 3. The van der Waals surface area contributed by atoms with Crippen LogP contribution < -0.4 is 5.32 Å². The van der Waals surface area contributed by atoms with Gasteiger partial charge in [0, 0.05) is 6.54 Å². The monoisotopic (exact) mass is 184 g/mol. The van der Waals surface area contributed by atoms with E-state index in [1.54, 1.807) is 6.92 Å². The van der Waals surface area contributed by atoms with Crippen LogP contribution in [0.5, 0.6) is 0 Å². The third-order valence-electron chi connectivity index (χ3n) is 1.62. The van der Waals surface area contributed by atoms with Crippen molar-refractivity contribution in [3.05, 3.63) is 0 Å². The van der Waals surface area contributed by atoms with E-state index in [0.29, 0.717) is 6.42 Å². The molecule has 0 aromatic rings. The van der Waals surface area contributed by atoms with Crippen molar-refractivity contribution in [3.63, 3.8) is 0 Å². The number of hydrogen-bond donors (Lipinski definition) is 2. The van der Waals surface area contributed by atoms with E-state index in [4.69, 9.17) is 10.4 Å². The minimum absolute atomic E-state index is 0.209. The lowest BCUT2D eigenvalue weighted by molar-refractivity contribution is -0.124. The summed E-state index contributed by atoms with van der Waals surface area (Å²) in [6.45, 7) is 3.72. The molecule has 1 unspecified atom stereocenters. The van der Waals surface area contributed by atoms with Gasteiger partial charge in [0.15, 0.2) is 0 Å². The maximum Gasteiger partial charge on any atom is 0.237 e. The molecule has 4 nitrogen and oxygen atoms in total. The first-order valence-electron chi connectivity index (χ1n) is 4.47. The maximum atomic E-state index is 11.2. The van der Waals surface area contributed by atoms with E-state index in [-0.39, 0.29) is 12.5 Å². The fourth-order valence-corrected chi connectivity index (χ4v) is 0.914. The number of aliphatic hydroxyl groups is 1. The fourth-order valence-electron chi connectivity index (χ4n) is 0.914. The molecule has 0 saturated carbocycles. The van der Waals surface area contributed by atoms with Gasteiger partial charge in [-0.3, -0.25) is 4.79 Å². The van der Waals surface area contributed by atoms with E-state index in [1.165, 1.54) is 0 Å². The molecule has 0 bridgehead atoms. The molecule has 4 heteroatoms. The summed E-state index contributed by atoms with van der Waals surface area (Å²) < 4.78 is 0. The standard InChI is InChI=1S/C9H16N2O2/c1-3-4-8(5-10)9(13)11-6-7(2)12/h7-8,12H,3-4,6H2,1-2H3,(H,11,13)/t7-,8?/m0/s1. The van der Waals surface area contributed by atoms with E-state index < -0.39 is 12.0 Å². The third kappa shape index (κ3) is 5.21. The topological polar surface area (TPSA) is 73.1 Å². The zero-order valence-corrected chi connectivity index (χ0v) is 8.08. The van der Waals surface area contributed by atoms with Crippen molar-refractivity contribution in [2.75, 3.05) is 6.54 Å². The Morgan fingerprint density at radius 2 is 2.31 bits per heavy atom. The lowest BCUT2D eigenvalue weighted by Crippen LogP contribution is -2.34. The molecule has 0 saturated heterocycles. The number of nitrogens with one attached hydrogen (secondary N) is 1. The molecule has 0 aromatic carbocycles. The minimum atomic E-state index is -0.580. The van der Waals surface area contributed by atoms with Crippen LogP contribution in [0.25, 0.3) is 0 Å². The van der Waals surface area contributed by atoms with Crippen molar-refractivity contribution in [2.24, 2.45) is 5.92 Å². The Kier molecular flexibility index (Phi) is 5.90. The minimum Gasteiger partial charge on any atom is -0.392 e. The van der Waals surface area contributed by atoms with Gasteiger partial charge >= 0.3 is 0 Å². The van der Waals surface area contributed by atoms with Gasteiger partial charge < -0.3 is 10.4 Å². The molecule has 0 fully saturated rings. The van der Waals surface area contributed by atoms with Crippen LogP contribution >= 0.6 is 0 Å². The number of carbonyl (C=O) groups excluding carboxylic acids is 1. The van der Waals surface area contributed by atoms with Gasteiger partial charge in [-0.2, -0.15) is 5.26 Å². The second-order valence-corrected chi connectivity index (χ2v) is 3.06. The van der Waals surface area contributed by atoms with E-state index >= 15 is 0 Å². The summed E-state index contributed by atoms with van der Waals surface area (Å²) in [6, 6.07) is 1.93.